The lowest BCUT2D eigenvalue weighted by Crippen LogP contribution is -2.35. The van der Waals surface area contributed by atoms with Crippen LogP contribution in [0, 0.1) is 13.8 Å². The zero-order valence-corrected chi connectivity index (χ0v) is 17.2. The Kier molecular flexibility index (Phi) is 6.41. The Morgan fingerprint density at radius 3 is 2.24 bits per heavy atom. The number of rotatable bonds is 7. The third-order valence-electron chi connectivity index (χ3n) is 4.43. The molecule has 2 N–H and O–H groups in total. The van der Waals surface area contributed by atoms with Crippen LogP contribution in [0.5, 0.6) is 0 Å². The number of hydrogen-bond acceptors (Lipinski definition) is 4. The van der Waals surface area contributed by atoms with Crippen LogP contribution in [-0.2, 0) is 10.0 Å². The van der Waals surface area contributed by atoms with Crippen LogP contribution in [0.4, 0.5) is 0 Å². The SMILES string of the molecule is Cc1ccc(S(=O)(=O)NCCNC(=O)c2ccc(-c3ccccc3)nc2C)cc1. The molecule has 6 nitrogen and oxygen atoms in total. The highest BCUT2D eigenvalue weighted by atomic mass is 32.2. The molecule has 7 heteroatoms. The monoisotopic (exact) mass is 409 g/mol. The molecule has 1 aromatic heterocycles. The van der Waals surface area contributed by atoms with Crippen molar-refractivity contribution in [3.05, 3.63) is 83.6 Å². The van der Waals surface area contributed by atoms with Gasteiger partial charge < -0.3 is 5.32 Å². The van der Waals surface area contributed by atoms with Crippen molar-refractivity contribution >= 4 is 15.9 Å². The largest absolute Gasteiger partial charge is 0.351 e. The molecule has 0 aliphatic rings. The molecule has 3 rings (SSSR count). The predicted octanol–water partition coefficient (Wildman–Crippen LogP) is 3.07. The number of benzene rings is 2. The molecule has 0 aliphatic heterocycles. The van der Waals surface area contributed by atoms with Gasteiger partial charge in [0.2, 0.25) is 10.0 Å². The van der Waals surface area contributed by atoms with E-state index in [1.807, 2.05) is 37.3 Å². The first-order valence-electron chi connectivity index (χ1n) is 9.24. The Hall–Kier alpha value is -3.03. The summed E-state index contributed by atoms with van der Waals surface area (Å²) in [5.41, 5.74) is 3.84. The van der Waals surface area contributed by atoms with Crippen molar-refractivity contribution in [2.45, 2.75) is 18.7 Å². The number of nitrogens with one attached hydrogen (secondary N) is 2. The Morgan fingerprint density at radius 1 is 0.897 bits per heavy atom. The Balaban J connectivity index is 1.56. The predicted molar refractivity (Wildman–Crippen MR) is 113 cm³/mol. The average Bonchev–Trinajstić information content (AvgIpc) is 2.72. The molecule has 1 heterocycles. The van der Waals surface area contributed by atoms with E-state index in [0.717, 1.165) is 16.8 Å². The van der Waals surface area contributed by atoms with Crippen LogP contribution in [0.1, 0.15) is 21.6 Å². The molecular formula is C22H23N3O3S. The third-order valence-corrected chi connectivity index (χ3v) is 5.91. The first kappa shape index (κ1) is 20.7. The van der Waals surface area contributed by atoms with Gasteiger partial charge in [-0.2, -0.15) is 0 Å². The maximum Gasteiger partial charge on any atom is 0.253 e. The van der Waals surface area contributed by atoms with Crippen molar-refractivity contribution in [3.8, 4) is 11.3 Å². The van der Waals surface area contributed by atoms with Crippen molar-refractivity contribution in [1.29, 1.82) is 0 Å². The number of aryl methyl sites for hydroxylation is 2. The standard InChI is InChI=1S/C22H23N3O3S/c1-16-8-10-19(11-9-16)29(27,28)24-15-14-23-22(26)20-12-13-21(25-17(20)2)18-6-4-3-5-7-18/h3-13,24H,14-15H2,1-2H3,(H,23,26). The molecule has 29 heavy (non-hydrogen) atoms. The number of hydrogen-bond donors (Lipinski definition) is 2. The number of pyridine rings is 1. The normalized spacial score (nSPS) is 11.2. The molecule has 0 bridgehead atoms. The van der Waals surface area contributed by atoms with E-state index in [1.54, 1.807) is 43.3 Å². The lowest BCUT2D eigenvalue weighted by atomic mass is 10.1. The van der Waals surface area contributed by atoms with Crippen LogP contribution >= 0.6 is 0 Å². The van der Waals surface area contributed by atoms with E-state index in [9.17, 15) is 13.2 Å². The summed E-state index contributed by atoms with van der Waals surface area (Å²) in [6.07, 6.45) is 0. The number of carbonyl (C=O) groups excluding carboxylic acids is 1. The van der Waals surface area contributed by atoms with Gasteiger partial charge in [-0.15, -0.1) is 0 Å². The highest BCUT2D eigenvalue weighted by molar-refractivity contribution is 7.89. The maximum atomic E-state index is 12.4. The summed E-state index contributed by atoms with van der Waals surface area (Å²) in [6.45, 7) is 3.93. The summed E-state index contributed by atoms with van der Waals surface area (Å²) in [6, 6.07) is 19.9. The molecule has 0 spiro atoms. The highest BCUT2D eigenvalue weighted by Crippen LogP contribution is 2.18. The van der Waals surface area contributed by atoms with Crippen LogP contribution in [0.25, 0.3) is 11.3 Å². The molecule has 0 saturated carbocycles. The second kappa shape index (κ2) is 8.98. The molecule has 0 unspecified atom stereocenters. The molecule has 0 fully saturated rings. The maximum absolute atomic E-state index is 12.4. The summed E-state index contributed by atoms with van der Waals surface area (Å²) in [4.78, 5) is 17.1. The van der Waals surface area contributed by atoms with Gasteiger partial charge >= 0.3 is 0 Å². The molecule has 3 aromatic rings. The van der Waals surface area contributed by atoms with E-state index in [2.05, 4.69) is 15.0 Å². The number of amides is 1. The second-order valence-electron chi connectivity index (χ2n) is 6.66. The van der Waals surface area contributed by atoms with Crippen molar-refractivity contribution < 1.29 is 13.2 Å². The van der Waals surface area contributed by atoms with Gasteiger partial charge in [0, 0.05) is 18.7 Å². The highest BCUT2D eigenvalue weighted by Gasteiger charge is 2.14. The Morgan fingerprint density at radius 2 is 1.59 bits per heavy atom. The minimum Gasteiger partial charge on any atom is -0.351 e. The average molecular weight is 410 g/mol. The van der Waals surface area contributed by atoms with Crippen LogP contribution in [0.2, 0.25) is 0 Å². The molecule has 150 valence electrons. The molecule has 0 radical (unpaired) electrons. The summed E-state index contributed by atoms with van der Waals surface area (Å²) in [5, 5.41) is 2.73. The fourth-order valence-electron chi connectivity index (χ4n) is 2.83. The van der Waals surface area contributed by atoms with E-state index >= 15 is 0 Å². The first-order valence-corrected chi connectivity index (χ1v) is 10.7. The summed E-state index contributed by atoms with van der Waals surface area (Å²) < 4.78 is 27.0. The minimum absolute atomic E-state index is 0.0938. The molecular weight excluding hydrogens is 386 g/mol. The van der Waals surface area contributed by atoms with Crippen molar-refractivity contribution in [2.75, 3.05) is 13.1 Å². The van der Waals surface area contributed by atoms with Gasteiger partial charge in [-0.1, -0.05) is 48.0 Å². The number of aromatic nitrogens is 1. The number of sulfonamides is 1. The summed E-state index contributed by atoms with van der Waals surface area (Å²) >= 11 is 0. The Labute approximate surface area is 171 Å². The van der Waals surface area contributed by atoms with E-state index in [0.29, 0.717) is 11.3 Å². The van der Waals surface area contributed by atoms with Crippen molar-refractivity contribution in [1.82, 2.24) is 15.0 Å². The van der Waals surface area contributed by atoms with E-state index in [4.69, 9.17) is 0 Å². The minimum atomic E-state index is -3.60. The molecule has 2 aromatic carbocycles. The summed E-state index contributed by atoms with van der Waals surface area (Å²) in [7, 11) is -3.60. The third kappa shape index (κ3) is 5.28. The quantitative estimate of drug-likeness (QED) is 0.587. The fraction of sp³-hybridized carbons (Fsp3) is 0.182. The zero-order chi connectivity index (χ0) is 20.9. The van der Waals surface area contributed by atoms with Crippen molar-refractivity contribution in [2.24, 2.45) is 0 Å². The topological polar surface area (TPSA) is 88.2 Å². The smallest absolute Gasteiger partial charge is 0.253 e. The van der Waals surface area contributed by atoms with Gasteiger partial charge in [0.05, 0.1) is 21.8 Å². The van der Waals surface area contributed by atoms with E-state index < -0.39 is 10.0 Å². The second-order valence-corrected chi connectivity index (χ2v) is 8.43. The fourth-order valence-corrected chi connectivity index (χ4v) is 3.86. The van der Waals surface area contributed by atoms with Crippen LogP contribution in [0.15, 0.2) is 71.6 Å². The molecule has 0 saturated heterocycles. The lowest BCUT2D eigenvalue weighted by molar-refractivity contribution is 0.0953. The summed E-state index contributed by atoms with van der Waals surface area (Å²) in [5.74, 6) is -0.288. The van der Waals surface area contributed by atoms with Gasteiger partial charge in [0.15, 0.2) is 0 Å². The van der Waals surface area contributed by atoms with Gasteiger partial charge in [-0.05, 0) is 38.1 Å². The van der Waals surface area contributed by atoms with Gasteiger partial charge in [0.25, 0.3) is 5.91 Å². The molecule has 1 amide bonds. The first-order chi connectivity index (χ1) is 13.9. The van der Waals surface area contributed by atoms with E-state index in [1.165, 1.54) is 0 Å². The zero-order valence-electron chi connectivity index (χ0n) is 16.3. The number of nitrogens with zero attached hydrogens (tertiary/aromatic N) is 1. The van der Waals surface area contributed by atoms with Crippen LogP contribution < -0.4 is 10.0 Å². The van der Waals surface area contributed by atoms with Crippen LogP contribution in [0.3, 0.4) is 0 Å². The molecule has 0 aliphatic carbocycles. The number of carbonyl (C=O) groups is 1. The van der Waals surface area contributed by atoms with Crippen molar-refractivity contribution in [3.63, 3.8) is 0 Å². The van der Waals surface area contributed by atoms with Gasteiger partial charge in [-0.25, -0.2) is 13.1 Å². The Bertz CT molecular complexity index is 1100. The van der Waals surface area contributed by atoms with Gasteiger partial charge in [-0.3, -0.25) is 9.78 Å². The van der Waals surface area contributed by atoms with E-state index in [-0.39, 0.29) is 23.9 Å². The van der Waals surface area contributed by atoms with Gasteiger partial charge in [0.1, 0.15) is 0 Å². The lowest BCUT2D eigenvalue weighted by Gasteiger charge is -2.10. The van der Waals surface area contributed by atoms with Crippen LogP contribution in [-0.4, -0.2) is 32.4 Å². The molecule has 0 atom stereocenters.